The van der Waals surface area contributed by atoms with Gasteiger partial charge in [0, 0.05) is 38.6 Å². The maximum absolute atomic E-state index is 14.8. The number of hydrogen-bond donors (Lipinski definition) is 19. The van der Waals surface area contributed by atoms with Crippen LogP contribution in [0.2, 0.25) is 0 Å². The van der Waals surface area contributed by atoms with E-state index in [1.165, 1.54) is 84.9 Å². The maximum atomic E-state index is 14.8. The smallest absolute Gasteiger partial charge is 0.326 e. The molecule has 628 valence electrons. The Balaban J connectivity index is 1.13. The molecular weight excluding hydrogens is 1550 g/mol. The van der Waals surface area contributed by atoms with Crippen LogP contribution >= 0.6 is 0 Å². The van der Waals surface area contributed by atoms with E-state index < -0.39 is 255 Å². The van der Waals surface area contributed by atoms with Gasteiger partial charge in [-0.3, -0.25) is 86.3 Å². The maximum Gasteiger partial charge on any atom is 0.326 e. The second-order valence-electron chi connectivity index (χ2n) is 27.9. The highest BCUT2D eigenvalue weighted by atomic mass is 16.4. The number of amides is 12. The van der Waals surface area contributed by atoms with Gasteiger partial charge in [0.2, 0.25) is 70.9 Å². The first kappa shape index (κ1) is 91.2. The molecule has 0 aliphatic carbocycles. The molecule has 2 heterocycles. The molecule has 0 unspecified atom stereocenters. The number of carbonyl (C=O) groups is 19. The molecule has 0 saturated carbocycles. The molecule has 0 radical (unpaired) electrons. The number of nitrogens with one attached hydrogen (secondary N) is 12. The van der Waals surface area contributed by atoms with Crippen molar-refractivity contribution in [1.29, 1.82) is 0 Å². The Morgan fingerprint density at radius 1 is 0.288 bits per heavy atom. The molecule has 2 aliphatic heterocycles. The monoisotopic (exact) mass is 1640 g/mol. The highest BCUT2D eigenvalue weighted by Crippen LogP contribution is 2.21. The molecule has 2 aliphatic rings. The van der Waals surface area contributed by atoms with Crippen molar-refractivity contribution in [3.63, 3.8) is 0 Å². The molecule has 118 heavy (non-hydrogen) atoms. The van der Waals surface area contributed by atoms with E-state index in [9.17, 15) is 127 Å². The van der Waals surface area contributed by atoms with Gasteiger partial charge in [0.05, 0.1) is 44.6 Å². The Morgan fingerprint density at radius 2 is 0.508 bits per heavy atom. The number of likely N-dealkylation sites (tertiary alicyclic amines) is 1. The first-order valence-electron chi connectivity index (χ1n) is 37.3. The summed E-state index contributed by atoms with van der Waals surface area (Å²) >= 11 is 0. The summed E-state index contributed by atoms with van der Waals surface area (Å²) in [5, 5.41) is 98.4. The van der Waals surface area contributed by atoms with Gasteiger partial charge in [-0.25, -0.2) is 4.79 Å². The van der Waals surface area contributed by atoms with Crippen LogP contribution in [-0.2, 0) is 123 Å². The van der Waals surface area contributed by atoms with Gasteiger partial charge >= 0.3 is 41.8 Å². The van der Waals surface area contributed by atoms with Crippen molar-refractivity contribution in [2.75, 3.05) is 13.1 Å². The van der Waals surface area contributed by atoms with Crippen LogP contribution in [0.3, 0.4) is 0 Å². The normalized spacial score (nSPS) is 16.3. The topological polar surface area (TPSA) is 614 Å². The van der Waals surface area contributed by atoms with Crippen molar-refractivity contribution >= 4 is 113 Å². The molecular formula is C79H91N13O26. The largest absolute Gasteiger partial charge is 0.481 e. The summed E-state index contributed by atoms with van der Waals surface area (Å²) in [6, 6.07) is 14.6. The summed E-state index contributed by atoms with van der Waals surface area (Å²) < 4.78 is 0. The molecule has 7 rings (SSSR count). The SMILES string of the molecule is O=C(O)C[C@H](NC(=O)[C@@H]1CCCN1)C(=O)N[C@@H](Cc1ccccc1)C(=O)N[C@@H](CC(=O)O)C(=O)N[C@@H](Cc1ccccc1)C(=O)N[C@@H](CC(=O)O)C(=O)N[C@@H](Cc1ccccc1)C(=O)N[C@@H](CC(=O)O)C(=O)N[C@@H](Cc1ccccc1)C(=O)N[C@@H](CC(=O)O)C(=O)N[C@@H](Cc1ccccc1)C(=O)N[C@@H](CC(=O)O)C(=O)N1CCC[C@H]1C(=O)O. The summed E-state index contributed by atoms with van der Waals surface area (Å²) in [4.78, 5) is 259. The Bertz CT molecular complexity index is 4450. The van der Waals surface area contributed by atoms with E-state index >= 15 is 0 Å². The fourth-order valence-electron chi connectivity index (χ4n) is 13.0. The van der Waals surface area contributed by atoms with Crippen molar-refractivity contribution in [3.05, 3.63) is 179 Å². The zero-order valence-electron chi connectivity index (χ0n) is 63.3. The van der Waals surface area contributed by atoms with Crippen LogP contribution < -0.4 is 63.8 Å². The van der Waals surface area contributed by atoms with E-state index in [2.05, 4.69) is 63.8 Å². The predicted molar refractivity (Wildman–Crippen MR) is 409 cm³/mol. The van der Waals surface area contributed by atoms with Crippen molar-refractivity contribution in [3.8, 4) is 0 Å². The summed E-state index contributed by atoms with van der Waals surface area (Å²) in [7, 11) is 0. The molecule has 12 amide bonds. The molecule has 2 fully saturated rings. The Kier molecular flexibility index (Phi) is 34.9. The van der Waals surface area contributed by atoms with Crippen molar-refractivity contribution in [1.82, 2.24) is 68.7 Å². The van der Waals surface area contributed by atoms with E-state index in [0.29, 0.717) is 36.1 Å². The number of carbonyl (C=O) groups excluding carboxylic acids is 12. The third-order valence-electron chi connectivity index (χ3n) is 18.8. The number of carboxylic acid groups (broad SMARTS) is 7. The molecule has 13 atom stereocenters. The highest BCUT2D eigenvalue weighted by molar-refractivity contribution is 6.02. The van der Waals surface area contributed by atoms with Crippen LogP contribution in [0.5, 0.6) is 0 Å². The quantitative estimate of drug-likeness (QED) is 0.0187. The minimum absolute atomic E-state index is 0.0155. The van der Waals surface area contributed by atoms with Crippen LogP contribution in [0.15, 0.2) is 152 Å². The number of hydrogen-bond acceptors (Lipinski definition) is 20. The van der Waals surface area contributed by atoms with Gasteiger partial charge in [-0.1, -0.05) is 152 Å². The highest BCUT2D eigenvalue weighted by Gasteiger charge is 2.42. The van der Waals surface area contributed by atoms with E-state index in [0.717, 1.165) is 4.90 Å². The summed E-state index contributed by atoms with van der Waals surface area (Å²) in [5.74, 6) is -26.4. The fourth-order valence-corrected chi connectivity index (χ4v) is 13.0. The van der Waals surface area contributed by atoms with Gasteiger partial charge in [-0.2, -0.15) is 0 Å². The van der Waals surface area contributed by atoms with E-state index in [1.807, 2.05) is 0 Å². The lowest BCUT2D eigenvalue weighted by atomic mass is 10.0. The van der Waals surface area contributed by atoms with Gasteiger partial charge in [-0.05, 0) is 60.0 Å². The van der Waals surface area contributed by atoms with E-state index in [-0.39, 0.29) is 36.9 Å². The molecule has 0 aromatic heterocycles. The van der Waals surface area contributed by atoms with E-state index in [4.69, 9.17) is 0 Å². The predicted octanol–water partition coefficient (Wildman–Crippen LogP) is -2.79. The van der Waals surface area contributed by atoms with E-state index in [1.54, 1.807) is 66.7 Å². The van der Waals surface area contributed by atoms with Crippen LogP contribution in [0.1, 0.15) is 92.0 Å². The van der Waals surface area contributed by atoms with Crippen molar-refractivity contribution in [2.45, 2.75) is 175 Å². The van der Waals surface area contributed by atoms with Gasteiger partial charge < -0.3 is 104 Å². The van der Waals surface area contributed by atoms with Crippen molar-refractivity contribution in [2.24, 2.45) is 0 Å². The van der Waals surface area contributed by atoms with Gasteiger partial charge in [-0.15, -0.1) is 0 Å². The molecule has 5 aromatic rings. The molecule has 0 bridgehead atoms. The molecule has 39 heteroatoms. The summed E-state index contributed by atoms with van der Waals surface area (Å²) in [5.41, 5.74) is 1.59. The third kappa shape index (κ3) is 29.7. The summed E-state index contributed by atoms with van der Waals surface area (Å²) in [6.07, 6.45) is -8.09. The number of rotatable bonds is 46. The number of aliphatic carboxylic acids is 7. The first-order valence-corrected chi connectivity index (χ1v) is 37.3. The minimum atomic E-state index is -2.21. The number of nitrogens with zero attached hydrogens (tertiary/aromatic N) is 1. The lowest BCUT2D eigenvalue weighted by Crippen LogP contribution is -2.62. The molecule has 5 aromatic carbocycles. The number of benzene rings is 5. The second kappa shape index (κ2) is 45.2. The first-order chi connectivity index (χ1) is 56.2. The Hall–Kier alpha value is -14.0. The van der Waals surface area contributed by atoms with Crippen LogP contribution in [-0.4, -0.2) is 245 Å². The molecule has 19 N–H and O–H groups in total. The summed E-state index contributed by atoms with van der Waals surface area (Å²) in [6.45, 7) is 0.357. The number of carboxylic acids is 7. The average Bonchev–Trinajstić information content (AvgIpc) is 1.64. The second-order valence-corrected chi connectivity index (χ2v) is 27.9. The zero-order chi connectivity index (χ0) is 86.1. The van der Waals surface area contributed by atoms with Crippen LogP contribution in [0.25, 0.3) is 0 Å². The zero-order valence-corrected chi connectivity index (χ0v) is 63.3. The lowest BCUT2D eigenvalue weighted by molar-refractivity contribution is -0.150. The minimum Gasteiger partial charge on any atom is -0.481 e. The molecule has 39 nitrogen and oxygen atoms in total. The Labute approximate surface area is 673 Å². The molecule has 0 spiro atoms. The van der Waals surface area contributed by atoms with Gasteiger partial charge in [0.25, 0.3) is 0 Å². The van der Waals surface area contributed by atoms with Crippen LogP contribution in [0.4, 0.5) is 0 Å². The van der Waals surface area contributed by atoms with Gasteiger partial charge in [0.15, 0.2) is 0 Å². The van der Waals surface area contributed by atoms with Crippen molar-refractivity contribution < 1.29 is 127 Å². The van der Waals surface area contributed by atoms with Gasteiger partial charge in [0.1, 0.15) is 72.5 Å². The fraction of sp³-hybridized carbons (Fsp3) is 0.380. The average molecular weight is 1640 g/mol. The Morgan fingerprint density at radius 3 is 0.737 bits per heavy atom. The van der Waals surface area contributed by atoms with Crippen LogP contribution in [0, 0.1) is 0 Å². The third-order valence-corrected chi connectivity index (χ3v) is 18.8. The standard InChI is InChI=1S/C79H91N13O26/c93-61(94)37-54(86-67(105)48-28-16-30-80-48)73(111)81-49(32-43-18-6-1-7-19-43)68(106)87-55(38-62(95)96)74(112)82-50(33-44-20-8-2-9-21-44)69(107)88-56(39-63(97)98)75(113)83-51(34-45-22-10-3-11-23-45)70(108)89-57(40-64(99)100)76(114)84-52(35-46-24-12-4-13-25-46)71(109)90-58(41-65(101)102)77(115)85-53(36-47-26-14-5-15-27-47)72(110)91-59(42-66(103)104)78(116)92-31-17-29-60(92)79(117)118/h1-15,18-27,48-60,80H,16-17,28-42H2,(H,81,111)(H,82,112)(H,83,113)(H,84,114)(H,85,115)(H,86,105)(H,87,106)(H,88,107)(H,89,108)(H,90,109)(H,91,110)(H,93,94)(H,95,96)(H,97,98)(H,99,100)(H,101,102)(H,103,104)(H,117,118)/t48-,49-,50-,51-,52-,53-,54-,55-,56-,57-,58-,59-,60-/m0/s1. The molecule has 2 saturated heterocycles. The lowest BCUT2D eigenvalue weighted by Gasteiger charge is -2.29.